The molecule has 2 nitrogen and oxygen atoms in total. The maximum Gasteiger partial charge on any atom is 0.252 e. The van der Waals surface area contributed by atoms with Crippen LogP contribution in [0.2, 0.25) is 0 Å². The van der Waals surface area contributed by atoms with Crippen LogP contribution >= 0.6 is 11.8 Å². The van der Waals surface area contributed by atoms with E-state index in [1.165, 1.54) is 0 Å². The molecule has 14 heavy (non-hydrogen) atoms. The lowest BCUT2D eigenvalue weighted by Gasteiger charge is -2.06. The summed E-state index contributed by atoms with van der Waals surface area (Å²) in [6.45, 7) is 2.13. The first-order valence-corrected chi connectivity index (χ1v) is 5.72. The number of hydrogen-bond donors (Lipinski definition) is 1. The van der Waals surface area contributed by atoms with E-state index >= 15 is 0 Å². The first-order valence-electron chi connectivity index (χ1n) is 4.73. The second-order valence-electron chi connectivity index (χ2n) is 2.92. The lowest BCUT2D eigenvalue weighted by atomic mass is 10.2. The van der Waals surface area contributed by atoms with Gasteiger partial charge < -0.3 is 5.32 Å². The number of carbonyl (C=O) groups excluding carboxylic acids is 1. The Morgan fingerprint density at radius 1 is 1.43 bits per heavy atom. The average Bonchev–Trinajstić information content (AvgIpc) is 2.25. The minimum absolute atomic E-state index is 0.01000. The molecule has 1 rings (SSSR count). The molecule has 0 bridgehead atoms. The summed E-state index contributed by atoms with van der Waals surface area (Å²) in [5, 5.41) is 2.65. The minimum Gasteiger partial charge on any atom is -0.355 e. The summed E-state index contributed by atoms with van der Waals surface area (Å²) in [5.74, 6) is 1.04. The molecule has 0 saturated carbocycles. The molecular formula is C11H15NOS. The third-order valence-corrected chi connectivity index (χ3v) is 3.10. The van der Waals surface area contributed by atoms with Crippen LogP contribution in [0.5, 0.6) is 0 Å². The van der Waals surface area contributed by atoms with Crippen molar-refractivity contribution in [2.75, 3.05) is 12.8 Å². The normalized spacial score (nSPS) is 9.86. The summed E-state index contributed by atoms with van der Waals surface area (Å²) in [7, 11) is 1.66. The molecule has 1 aromatic rings. The standard InChI is InChI=1S/C11H15NOS/c1-3-8-14-10-7-5-4-6-9(10)11(13)12-2/h4-7H,3,8H2,1-2H3,(H,12,13). The van der Waals surface area contributed by atoms with Crippen molar-refractivity contribution >= 4 is 17.7 Å². The number of amides is 1. The number of benzene rings is 1. The number of carbonyl (C=O) groups is 1. The molecule has 1 N–H and O–H groups in total. The van der Waals surface area contributed by atoms with Crippen molar-refractivity contribution in [1.29, 1.82) is 0 Å². The van der Waals surface area contributed by atoms with Crippen LogP contribution in [0.25, 0.3) is 0 Å². The third kappa shape index (κ3) is 2.77. The van der Waals surface area contributed by atoms with Crippen LogP contribution < -0.4 is 5.32 Å². The monoisotopic (exact) mass is 209 g/mol. The van der Waals surface area contributed by atoms with E-state index in [0.29, 0.717) is 0 Å². The Balaban J connectivity index is 2.85. The van der Waals surface area contributed by atoms with Gasteiger partial charge in [-0.15, -0.1) is 11.8 Å². The molecule has 1 aromatic carbocycles. The number of nitrogens with one attached hydrogen (secondary N) is 1. The second kappa shape index (κ2) is 5.70. The number of thioether (sulfide) groups is 1. The van der Waals surface area contributed by atoms with E-state index in [0.717, 1.165) is 22.6 Å². The van der Waals surface area contributed by atoms with Crippen LogP contribution in [0.4, 0.5) is 0 Å². The maximum atomic E-state index is 11.5. The van der Waals surface area contributed by atoms with Crippen molar-refractivity contribution in [3.05, 3.63) is 29.8 Å². The zero-order chi connectivity index (χ0) is 10.4. The highest BCUT2D eigenvalue weighted by molar-refractivity contribution is 7.99. The summed E-state index contributed by atoms with van der Waals surface area (Å²) < 4.78 is 0. The Bertz CT molecular complexity index is 312. The smallest absolute Gasteiger partial charge is 0.252 e. The van der Waals surface area contributed by atoms with Crippen LogP contribution in [0, 0.1) is 0 Å². The molecule has 0 radical (unpaired) electrons. The second-order valence-corrected chi connectivity index (χ2v) is 4.06. The van der Waals surface area contributed by atoms with Crippen molar-refractivity contribution in [3.63, 3.8) is 0 Å². The fraction of sp³-hybridized carbons (Fsp3) is 0.364. The Kier molecular flexibility index (Phi) is 4.53. The van der Waals surface area contributed by atoms with Gasteiger partial charge in [0.15, 0.2) is 0 Å². The van der Waals surface area contributed by atoms with Crippen molar-refractivity contribution < 1.29 is 4.79 Å². The Morgan fingerprint density at radius 2 is 2.14 bits per heavy atom. The van der Waals surface area contributed by atoms with E-state index in [1.807, 2.05) is 24.3 Å². The molecule has 0 aromatic heterocycles. The molecule has 0 heterocycles. The number of hydrogen-bond acceptors (Lipinski definition) is 2. The third-order valence-electron chi connectivity index (χ3n) is 1.82. The van der Waals surface area contributed by atoms with E-state index < -0.39 is 0 Å². The molecule has 3 heteroatoms. The van der Waals surface area contributed by atoms with E-state index in [9.17, 15) is 4.79 Å². The molecule has 0 aliphatic heterocycles. The summed E-state index contributed by atoms with van der Waals surface area (Å²) >= 11 is 1.73. The summed E-state index contributed by atoms with van der Waals surface area (Å²) in [5.41, 5.74) is 0.772. The fourth-order valence-electron chi connectivity index (χ4n) is 1.13. The summed E-state index contributed by atoms with van der Waals surface area (Å²) in [6.07, 6.45) is 1.12. The van der Waals surface area contributed by atoms with E-state index in [-0.39, 0.29) is 5.91 Å². The van der Waals surface area contributed by atoms with Gasteiger partial charge in [-0.1, -0.05) is 19.1 Å². The lowest BCUT2D eigenvalue weighted by molar-refractivity contribution is 0.0960. The molecule has 0 fully saturated rings. The summed E-state index contributed by atoms with van der Waals surface area (Å²) in [6, 6.07) is 7.70. The highest BCUT2D eigenvalue weighted by Crippen LogP contribution is 2.22. The Hall–Kier alpha value is -0.960. The molecule has 0 unspecified atom stereocenters. The lowest BCUT2D eigenvalue weighted by Crippen LogP contribution is -2.18. The van der Waals surface area contributed by atoms with Crippen LogP contribution in [0.15, 0.2) is 29.2 Å². The van der Waals surface area contributed by atoms with Gasteiger partial charge in [0, 0.05) is 11.9 Å². The fourth-order valence-corrected chi connectivity index (χ4v) is 2.04. The maximum absolute atomic E-state index is 11.5. The van der Waals surface area contributed by atoms with Gasteiger partial charge in [-0.25, -0.2) is 0 Å². The molecule has 76 valence electrons. The van der Waals surface area contributed by atoms with Gasteiger partial charge in [-0.2, -0.15) is 0 Å². The first-order chi connectivity index (χ1) is 6.79. The first kappa shape index (κ1) is 11.1. The van der Waals surface area contributed by atoms with Gasteiger partial charge in [0.2, 0.25) is 0 Å². The molecule has 0 atom stereocenters. The van der Waals surface area contributed by atoms with E-state index in [1.54, 1.807) is 18.8 Å². The zero-order valence-electron chi connectivity index (χ0n) is 8.54. The highest BCUT2D eigenvalue weighted by atomic mass is 32.2. The van der Waals surface area contributed by atoms with Crippen molar-refractivity contribution in [1.82, 2.24) is 5.32 Å². The van der Waals surface area contributed by atoms with Crippen molar-refractivity contribution in [2.45, 2.75) is 18.2 Å². The van der Waals surface area contributed by atoms with Gasteiger partial charge in [-0.3, -0.25) is 4.79 Å². The molecule has 0 spiro atoms. The van der Waals surface area contributed by atoms with E-state index in [2.05, 4.69) is 12.2 Å². The molecular weight excluding hydrogens is 194 g/mol. The zero-order valence-corrected chi connectivity index (χ0v) is 9.36. The summed E-state index contributed by atoms with van der Waals surface area (Å²) in [4.78, 5) is 12.5. The quantitative estimate of drug-likeness (QED) is 0.772. The van der Waals surface area contributed by atoms with Crippen LogP contribution in [-0.4, -0.2) is 18.7 Å². The Morgan fingerprint density at radius 3 is 2.79 bits per heavy atom. The van der Waals surface area contributed by atoms with Crippen LogP contribution in [0.3, 0.4) is 0 Å². The Labute approximate surface area is 89.1 Å². The van der Waals surface area contributed by atoms with Gasteiger partial charge in [0.1, 0.15) is 0 Å². The van der Waals surface area contributed by atoms with Gasteiger partial charge in [0.25, 0.3) is 5.91 Å². The largest absolute Gasteiger partial charge is 0.355 e. The molecule has 0 aliphatic carbocycles. The van der Waals surface area contributed by atoms with Crippen molar-refractivity contribution in [2.24, 2.45) is 0 Å². The predicted octanol–water partition coefficient (Wildman–Crippen LogP) is 2.55. The molecule has 0 saturated heterocycles. The minimum atomic E-state index is -0.01000. The molecule has 1 amide bonds. The van der Waals surface area contributed by atoms with Crippen molar-refractivity contribution in [3.8, 4) is 0 Å². The van der Waals surface area contributed by atoms with E-state index in [4.69, 9.17) is 0 Å². The topological polar surface area (TPSA) is 29.1 Å². The average molecular weight is 209 g/mol. The predicted molar refractivity (Wildman–Crippen MR) is 60.8 cm³/mol. The molecule has 0 aliphatic rings. The highest BCUT2D eigenvalue weighted by Gasteiger charge is 2.08. The van der Waals surface area contributed by atoms with Gasteiger partial charge >= 0.3 is 0 Å². The number of rotatable bonds is 4. The van der Waals surface area contributed by atoms with Crippen LogP contribution in [0.1, 0.15) is 23.7 Å². The van der Waals surface area contributed by atoms with Gasteiger partial charge in [0.05, 0.1) is 5.56 Å². The van der Waals surface area contributed by atoms with Gasteiger partial charge in [-0.05, 0) is 24.3 Å². The van der Waals surface area contributed by atoms with Crippen LogP contribution in [-0.2, 0) is 0 Å². The SMILES string of the molecule is CCCSc1ccccc1C(=O)NC.